The molecule has 0 aliphatic carbocycles. The van der Waals surface area contributed by atoms with Crippen LogP contribution < -0.4 is 0 Å². The van der Waals surface area contributed by atoms with Crippen molar-refractivity contribution in [3.8, 4) is 23.7 Å². The van der Waals surface area contributed by atoms with E-state index in [4.69, 9.17) is 0 Å². The van der Waals surface area contributed by atoms with Gasteiger partial charge in [0.25, 0.3) is 0 Å². The Morgan fingerprint density at radius 1 is 1.40 bits per heavy atom. The maximum absolute atomic E-state index is 10.7. The Bertz CT molecular complexity index is 383. The van der Waals surface area contributed by atoms with E-state index < -0.39 is 0 Å². The second-order valence-corrected chi connectivity index (χ2v) is 3.09. The molecule has 0 unspecified atom stereocenters. The van der Waals surface area contributed by atoms with Crippen molar-refractivity contribution >= 4 is 17.7 Å². The molecule has 0 aromatic rings. The van der Waals surface area contributed by atoms with Crippen LogP contribution in [0.4, 0.5) is 0 Å². The van der Waals surface area contributed by atoms with Gasteiger partial charge in [-0.1, -0.05) is 12.0 Å². The summed E-state index contributed by atoms with van der Waals surface area (Å²) in [6, 6.07) is 0. The van der Waals surface area contributed by atoms with Crippen molar-refractivity contribution < 1.29 is 9.53 Å². The highest BCUT2D eigenvalue weighted by atomic mass is 32.2. The first-order valence-electron chi connectivity index (χ1n) is 4.17. The van der Waals surface area contributed by atoms with E-state index in [0.29, 0.717) is 0 Å². The van der Waals surface area contributed by atoms with Crippen LogP contribution in [0, 0.1) is 23.7 Å². The van der Waals surface area contributed by atoms with Gasteiger partial charge in [0.2, 0.25) is 0 Å². The van der Waals surface area contributed by atoms with Crippen LogP contribution in [-0.2, 0) is 9.53 Å². The fourth-order valence-electron chi connectivity index (χ4n) is 0.598. The second-order valence-electron chi connectivity index (χ2n) is 2.24. The summed E-state index contributed by atoms with van der Waals surface area (Å²) in [5.74, 6) is 10.5. The molecule has 0 atom stereocenters. The predicted octanol–water partition coefficient (Wildman–Crippen LogP) is 1.99. The van der Waals surface area contributed by atoms with Gasteiger partial charge in [-0.15, -0.1) is 11.8 Å². The minimum Gasteiger partial charge on any atom is -0.466 e. The van der Waals surface area contributed by atoms with Crippen LogP contribution in [0.25, 0.3) is 0 Å². The summed E-state index contributed by atoms with van der Waals surface area (Å²) < 4.78 is 4.44. The quantitative estimate of drug-likeness (QED) is 0.315. The summed E-state index contributed by atoms with van der Waals surface area (Å²) in [4.78, 5) is 11.6. The first-order chi connectivity index (χ1) is 7.24. The predicted molar refractivity (Wildman–Crippen MR) is 64.0 cm³/mol. The van der Waals surface area contributed by atoms with E-state index in [2.05, 4.69) is 28.4 Å². The number of carbonyl (C=O) groups excluding carboxylic acids is 1. The zero-order valence-electron chi connectivity index (χ0n) is 8.96. The highest BCUT2D eigenvalue weighted by Gasteiger charge is 1.89. The summed E-state index contributed by atoms with van der Waals surface area (Å²) in [7, 11) is 1.34. The van der Waals surface area contributed by atoms with Crippen LogP contribution in [-0.4, -0.2) is 19.3 Å². The zero-order valence-corrected chi connectivity index (χ0v) is 9.77. The lowest BCUT2D eigenvalue weighted by molar-refractivity contribution is -0.134. The molecule has 3 heteroatoms. The van der Waals surface area contributed by atoms with Crippen LogP contribution in [0.15, 0.2) is 23.1 Å². The molecule has 0 N–H and O–H groups in total. The first kappa shape index (κ1) is 13.4. The maximum Gasteiger partial charge on any atom is 0.330 e. The number of ether oxygens (including phenoxy) is 1. The van der Waals surface area contributed by atoms with Crippen molar-refractivity contribution in [3.05, 3.63) is 23.1 Å². The van der Waals surface area contributed by atoms with Gasteiger partial charge in [-0.3, -0.25) is 0 Å². The third kappa shape index (κ3) is 7.49. The van der Waals surface area contributed by atoms with E-state index in [1.165, 1.54) is 24.9 Å². The number of hydrogen-bond donors (Lipinski definition) is 0. The van der Waals surface area contributed by atoms with Crippen molar-refractivity contribution in [2.45, 2.75) is 6.92 Å². The van der Waals surface area contributed by atoms with Crippen LogP contribution in [0.5, 0.6) is 0 Å². The smallest absolute Gasteiger partial charge is 0.330 e. The fraction of sp³-hybridized carbons (Fsp3) is 0.250. The molecule has 0 radical (unpaired) electrons. The molecule has 78 valence electrons. The lowest BCUT2D eigenvalue weighted by Crippen LogP contribution is -1.92. The molecular formula is C12H12O2S. The molecule has 0 fully saturated rings. The van der Waals surface area contributed by atoms with E-state index >= 15 is 0 Å². The van der Waals surface area contributed by atoms with E-state index in [-0.39, 0.29) is 5.97 Å². The molecular weight excluding hydrogens is 208 g/mol. The standard InChI is InChI=1S/C12H12O2S/c1-4-5-6-8-11(15-3)9-7-10-12(13)14-2/h7,9-10H,1-3H3/b10-7-,11-9-. The Morgan fingerprint density at radius 3 is 2.67 bits per heavy atom. The number of allylic oxidation sites excluding steroid dienone is 3. The summed E-state index contributed by atoms with van der Waals surface area (Å²) in [5, 5.41) is 0. The molecule has 0 heterocycles. The highest BCUT2D eigenvalue weighted by molar-refractivity contribution is 8.02. The minimum absolute atomic E-state index is 0.381. The number of hydrogen-bond acceptors (Lipinski definition) is 3. The Labute approximate surface area is 94.8 Å². The molecule has 0 aromatic heterocycles. The van der Waals surface area contributed by atoms with Crippen LogP contribution in [0.2, 0.25) is 0 Å². The minimum atomic E-state index is -0.381. The topological polar surface area (TPSA) is 26.3 Å². The summed E-state index contributed by atoms with van der Waals surface area (Å²) >= 11 is 1.50. The van der Waals surface area contributed by atoms with Crippen molar-refractivity contribution in [2.24, 2.45) is 0 Å². The number of methoxy groups -OCH3 is 1. The normalized spacial score (nSPS) is 9.93. The molecule has 0 amide bonds. The molecule has 0 aliphatic heterocycles. The van der Waals surface area contributed by atoms with Crippen LogP contribution >= 0.6 is 11.8 Å². The lowest BCUT2D eigenvalue weighted by atomic mass is 10.4. The summed E-state index contributed by atoms with van der Waals surface area (Å²) in [6.07, 6.45) is 6.59. The Morgan fingerprint density at radius 2 is 2.13 bits per heavy atom. The van der Waals surface area contributed by atoms with Gasteiger partial charge in [0.15, 0.2) is 0 Å². The fourth-order valence-corrected chi connectivity index (χ4v) is 0.966. The van der Waals surface area contributed by atoms with Gasteiger partial charge in [-0.05, 0) is 37.0 Å². The van der Waals surface area contributed by atoms with Gasteiger partial charge < -0.3 is 4.74 Å². The van der Waals surface area contributed by atoms with Gasteiger partial charge in [0.1, 0.15) is 0 Å². The van der Waals surface area contributed by atoms with Crippen LogP contribution in [0.1, 0.15) is 6.92 Å². The number of thioether (sulfide) groups is 1. The summed E-state index contributed by atoms with van der Waals surface area (Å²) in [5.41, 5.74) is 0. The third-order valence-corrected chi connectivity index (χ3v) is 1.95. The zero-order chi connectivity index (χ0) is 11.5. The van der Waals surface area contributed by atoms with Gasteiger partial charge >= 0.3 is 5.97 Å². The van der Waals surface area contributed by atoms with Crippen LogP contribution in [0.3, 0.4) is 0 Å². The van der Waals surface area contributed by atoms with E-state index in [1.807, 2.05) is 6.26 Å². The maximum atomic E-state index is 10.7. The SMILES string of the molecule is CC#CC#C/C(=C/C=C\C(=O)OC)SC. The molecule has 0 rings (SSSR count). The average molecular weight is 220 g/mol. The van der Waals surface area contributed by atoms with Crippen molar-refractivity contribution in [3.63, 3.8) is 0 Å². The van der Waals surface area contributed by atoms with Gasteiger partial charge in [-0.25, -0.2) is 4.79 Å². The Kier molecular flexibility index (Phi) is 8.05. The molecule has 0 aliphatic rings. The second kappa shape index (κ2) is 8.99. The van der Waals surface area contributed by atoms with Crippen molar-refractivity contribution in [2.75, 3.05) is 13.4 Å². The van der Waals surface area contributed by atoms with E-state index in [0.717, 1.165) is 4.91 Å². The van der Waals surface area contributed by atoms with E-state index in [9.17, 15) is 4.79 Å². The Balaban J connectivity index is 4.47. The van der Waals surface area contributed by atoms with Gasteiger partial charge in [0.05, 0.1) is 12.0 Å². The largest absolute Gasteiger partial charge is 0.466 e. The van der Waals surface area contributed by atoms with E-state index in [1.54, 1.807) is 19.1 Å². The molecule has 0 aromatic carbocycles. The molecule has 0 saturated carbocycles. The monoisotopic (exact) mass is 220 g/mol. The van der Waals surface area contributed by atoms with Crippen molar-refractivity contribution in [1.29, 1.82) is 0 Å². The Hall–Kier alpha value is -1.58. The van der Waals surface area contributed by atoms with Gasteiger partial charge in [-0.2, -0.15) is 0 Å². The van der Waals surface area contributed by atoms with Gasteiger partial charge in [0, 0.05) is 6.08 Å². The number of rotatable bonds is 3. The number of esters is 1. The molecule has 2 nitrogen and oxygen atoms in total. The molecule has 0 spiro atoms. The highest BCUT2D eigenvalue weighted by Crippen LogP contribution is 2.09. The molecule has 15 heavy (non-hydrogen) atoms. The summed E-state index contributed by atoms with van der Waals surface area (Å²) in [6.45, 7) is 1.73. The number of carbonyl (C=O) groups is 1. The first-order valence-corrected chi connectivity index (χ1v) is 5.40. The van der Waals surface area contributed by atoms with Crippen molar-refractivity contribution in [1.82, 2.24) is 0 Å². The molecule has 0 saturated heterocycles. The lowest BCUT2D eigenvalue weighted by Gasteiger charge is -1.89. The average Bonchev–Trinajstić information content (AvgIpc) is 2.26. The third-order valence-electron chi connectivity index (χ3n) is 1.27. The molecule has 0 bridgehead atoms.